The van der Waals surface area contributed by atoms with E-state index < -0.39 is 12.7 Å². The lowest BCUT2D eigenvalue weighted by Gasteiger charge is -2.27. The third-order valence-corrected chi connectivity index (χ3v) is 3.34. The maximum atomic E-state index is 12.6. The summed E-state index contributed by atoms with van der Waals surface area (Å²) in [5.74, 6) is 0. The van der Waals surface area contributed by atoms with Gasteiger partial charge in [0, 0.05) is 17.1 Å². The number of nitrogens with zero attached hydrogens (tertiary/aromatic N) is 1. The molecule has 1 aromatic carbocycles. The van der Waals surface area contributed by atoms with Crippen LogP contribution in [-0.2, 0) is 0 Å². The lowest BCUT2D eigenvalue weighted by Crippen LogP contribution is -2.35. The quantitative estimate of drug-likeness (QED) is 0.869. The zero-order chi connectivity index (χ0) is 14.6. The second-order valence-corrected chi connectivity index (χ2v) is 5.39. The minimum atomic E-state index is -4.21. The van der Waals surface area contributed by atoms with Gasteiger partial charge in [0.05, 0.1) is 5.69 Å². The van der Waals surface area contributed by atoms with Gasteiger partial charge < -0.3 is 10.6 Å². The SMILES string of the molecule is CCCN(CC(F)(F)F)c1ccc([C@H](C)N)cc1Br. The number of hydrogen-bond acceptors (Lipinski definition) is 2. The molecule has 108 valence electrons. The second kappa shape index (κ2) is 6.61. The van der Waals surface area contributed by atoms with Gasteiger partial charge in [0.25, 0.3) is 0 Å². The van der Waals surface area contributed by atoms with E-state index in [-0.39, 0.29) is 6.04 Å². The van der Waals surface area contributed by atoms with Gasteiger partial charge in [0.15, 0.2) is 0 Å². The fourth-order valence-corrected chi connectivity index (χ4v) is 2.48. The molecule has 0 heterocycles. The molecular weight excluding hydrogens is 321 g/mol. The first-order valence-corrected chi connectivity index (χ1v) is 6.90. The summed E-state index contributed by atoms with van der Waals surface area (Å²) in [5.41, 5.74) is 7.19. The predicted molar refractivity (Wildman–Crippen MR) is 75.3 cm³/mol. The van der Waals surface area contributed by atoms with Crippen LogP contribution in [0.15, 0.2) is 22.7 Å². The van der Waals surface area contributed by atoms with Crippen LogP contribution in [-0.4, -0.2) is 19.3 Å². The van der Waals surface area contributed by atoms with Crippen LogP contribution in [0.25, 0.3) is 0 Å². The van der Waals surface area contributed by atoms with Crippen molar-refractivity contribution >= 4 is 21.6 Å². The first-order valence-electron chi connectivity index (χ1n) is 6.11. The van der Waals surface area contributed by atoms with Crippen molar-refractivity contribution in [2.24, 2.45) is 5.73 Å². The normalized spacial score (nSPS) is 13.4. The lowest BCUT2D eigenvalue weighted by molar-refractivity contribution is -0.119. The summed E-state index contributed by atoms with van der Waals surface area (Å²) in [7, 11) is 0. The van der Waals surface area contributed by atoms with Gasteiger partial charge in [0.2, 0.25) is 0 Å². The number of rotatable bonds is 5. The van der Waals surface area contributed by atoms with E-state index in [9.17, 15) is 13.2 Å². The van der Waals surface area contributed by atoms with Crippen molar-refractivity contribution in [3.63, 3.8) is 0 Å². The van der Waals surface area contributed by atoms with Crippen molar-refractivity contribution in [2.45, 2.75) is 32.5 Å². The Balaban J connectivity index is 3.02. The van der Waals surface area contributed by atoms with Crippen LogP contribution in [0, 0.1) is 0 Å². The number of nitrogens with two attached hydrogens (primary N) is 1. The van der Waals surface area contributed by atoms with Gasteiger partial charge in [-0.05, 0) is 47.0 Å². The Morgan fingerprint density at radius 3 is 2.42 bits per heavy atom. The summed E-state index contributed by atoms with van der Waals surface area (Å²) < 4.78 is 38.4. The maximum Gasteiger partial charge on any atom is 0.405 e. The van der Waals surface area contributed by atoms with Gasteiger partial charge >= 0.3 is 6.18 Å². The molecule has 0 saturated heterocycles. The van der Waals surface area contributed by atoms with Gasteiger partial charge in [-0.15, -0.1) is 0 Å². The minimum Gasteiger partial charge on any atom is -0.362 e. The Bertz CT molecular complexity index is 419. The Labute approximate surface area is 119 Å². The van der Waals surface area contributed by atoms with Gasteiger partial charge in [-0.25, -0.2) is 0 Å². The van der Waals surface area contributed by atoms with Crippen LogP contribution in [0.3, 0.4) is 0 Å². The first kappa shape index (κ1) is 16.3. The molecule has 0 aliphatic heterocycles. The van der Waals surface area contributed by atoms with E-state index in [4.69, 9.17) is 5.73 Å². The van der Waals surface area contributed by atoms with E-state index in [1.165, 1.54) is 4.90 Å². The molecule has 2 nitrogen and oxygen atoms in total. The molecule has 0 aromatic heterocycles. The molecule has 0 unspecified atom stereocenters. The fourth-order valence-electron chi connectivity index (χ4n) is 1.83. The Kier molecular flexibility index (Phi) is 5.67. The average Bonchev–Trinajstić information content (AvgIpc) is 2.26. The van der Waals surface area contributed by atoms with E-state index in [1.807, 2.05) is 13.8 Å². The van der Waals surface area contributed by atoms with Crippen LogP contribution in [0.1, 0.15) is 31.9 Å². The molecule has 0 aliphatic rings. The molecule has 1 aromatic rings. The molecule has 0 fully saturated rings. The highest BCUT2D eigenvalue weighted by molar-refractivity contribution is 9.10. The summed E-state index contributed by atoms with van der Waals surface area (Å²) in [4.78, 5) is 1.33. The van der Waals surface area contributed by atoms with Gasteiger partial charge in [0.1, 0.15) is 6.54 Å². The molecule has 0 amide bonds. The van der Waals surface area contributed by atoms with Gasteiger partial charge in [-0.2, -0.15) is 13.2 Å². The number of anilines is 1. The fraction of sp³-hybridized carbons (Fsp3) is 0.538. The summed E-state index contributed by atoms with van der Waals surface area (Å²) >= 11 is 3.33. The Morgan fingerprint density at radius 2 is 2.00 bits per heavy atom. The molecule has 0 bridgehead atoms. The first-order chi connectivity index (χ1) is 8.74. The molecule has 1 atom stereocenters. The molecule has 0 radical (unpaired) electrons. The van der Waals surface area contributed by atoms with Crippen LogP contribution in [0.5, 0.6) is 0 Å². The third kappa shape index (κ3) is 5.03. The second-order valence-electron chi connectivity index (χ2n) is 4.54. The highest BCUT2D eigenvalue weighted by Crippen LogP contribution is 2.31. The summed E-state index contributed by atoms with van der Waals surface area (Å²) in [6.07, 6.45) is -3.56. The van der Waals surface area contributed by atoms with Crippen molar-refractivity contribution in [2.75, 3.05) is 18.0 Å². The lowest BCUT2D eigenvalue weighted by atomic mass is 10.1. The smallest absolute Gasteiger partial charge is 0.362 e. The molecule has 0 spiro atoms. The zero-order valence-corrected chi connectivity index (χ0v) is 12.6. The zero-order valence-electron chi connectivity index (χ0n) is 11.0. The van der Waals surface area contributed by atoms with Gasteiger partial charge in [-0.3, -0.25) is 0 Å². The molecule has 0 saturated carbocycles. The summed E-state index contributed by atoms with van der Waals surface area (Å²) in [5, 5.41) is 0. The van der Waals surface area contributed by atoms with Crippen molar-refractivity contribution < 1.29 is 13.2 Å². The molecule has 1 rings (SSSR count). The highest BCUT2D eigenvalue weighted by atomic mass is 79.9. The van der Waals surface area contributed by atoms with Crippen molar-refractivity contribution in [1.29, 1.82) is 0 Å². The summed E-state index contributed by atoms with van der Waals surface area (Å²) in [6.45, 7) is 3.10. The van der Waals surface area contributed by atoms with Crippen LogP contribution < -0.4 is 10.6 Å². The Hall–Kier alpha value is -0.750. The van der Waals surface area contributed by atoms with Gasteiger partial charge in [-0.1, -0.05) is 13.0 Å². The van der Waals surface area contributed by atoms with Crippen molar-refractivity contribution in [3.8, 4) is 0 Å². The Morgan fingerprint density at radius 1 is 1.37 bits per heavy atom. The topological polar surface area (TPSA) is 29.3 Å². The summed E-state index contributed by atoms with van der Waals surface area (Å²) in [6, 6.07) is 5.08. The van der Waals surface area contributed by atoms with E-state index >= 15 is 0 Å². The highest BCUT2D eigenvalue weighted by Gasteiger charge is 2.31. The molecule has 2 N–H and O–H groups in total. The maximum absolute atomic E-state index is 12.6. The molecule has 19 heavy (non-hydrogen) atoms. The molecule has 0 aliphatic carbocycles. The largest absolute Gasteiger partial charge is 0.405 e. The molecule has 6 heteroatoms. The van der Waals surface area contributed by atoms with Crippen molar-refractivity contribution in [3.05, 3.63) is 28.2 Å². The number of benzene rings is 1. The minimum absolute atomic E-state index is 0.146. The number of hydrogen-bond donors (Lipinski definition) is 1. The number of alkyl halides is 3. The van der Waals surface area contributed by atoms with Crippen LogP contribution in [0.2, 0.25) is 0 Å². The van der Waals surface area contributed by atoms with E-state index in [0.717, 1.165) is 5.56 Å². The van der Waals surface area contributed by atoms with E-state index in [1.54, 1.807) is 18.2 Å². The average molecular weight is 339 g/mol. The molecular formula is C13H18BrF3N2. The monoisotopic (exact) mass is 338 g/mol. The number of halogens is 4. The standard InChI is InChI=1S/C13H18BrF3N2/c1-3-6-19(8-13(15,16)17)12-5-4-10(9(2)18)7-11(12)14/h4-5,7,9H,3,6,8,18H2,1-2H3/t9-/m0/s1. The van der Waals surface area contributed by atoms with Crippen LogP contribution >= 0.6 is 15.9 Å². The van der Waals surface area contributed by atoms with Crippen molar-refractivity contribution in [1.82, 2.24) is 0 Å². The van der Waals surface area contributed by atoms with E-state index in [0.29, 0.717) is 23.1 Å². The predicted octanol–water partition coefficient (Wildman–Crippen LogP) is 4.25. The van der Waals surface area contributed by atoms with Crippen LogP contribution in [0.4, 0.5) is 18.9 Å². The third-order valence-electron chi connectivity index (χ3n) is 2.70. The van der Waals surface area contributed by atoms with E-state index in [2.05, 4.69) is 15.9 Å².